The van der Waals surface area contributed by atoms with Crippen LogP contribution in [-0.2, 0) is 17.2 Å². The molecule has 1 aromatic heterocycles. The lowest BCUT2D eigenvalue weighted by Crippen LogP contribution is -2.52. The molecule has 31 heavy (non-hydrogen) atoms. The smallest absolute Gasteiger partial charge is 0.227 e. The van der Waals surface area contributed by atoms with E-state index in [-0.39, 0.29) is 24.6 Å². The number of hydrogen-bond donors (Lipinski definition) is 2. The Kier molecular flexibility index (Phi) is 6.69. The molecule has 1 saturated heterocycles. The summed E-state index contributed by atoms with van der Waals surface area (Å²) in [4.78, 5) is 14.9. The highest BCUT2D eigenvalue weighted by Gasteiger charge is 2.31. The van der Waals surface area contributed by atoms with Crippen LogP contribution < -0.4 is 15.1 Å². The van der Waals surface area contributed by atoms with E-state index in [0.717, 1.165) is 36.0 Å². The van der Waals surface area contributed by atoms with E-state index < -0.39 is 10.8 Å². The predicted molar refractivity (Wildman–Crippen MR) is 127 cm³/mol. The quantitative estimate of drug-likeness (QED) is 0.681. The first-order valence-corrected chi connectivity index (χ1v) is 12.5. The summed E-state index contributed by atoms with van der Waals surface area (Å²) in [6, 6.07) is 8.00. The Morgan fingerprint density at radius 2 is 2.00 bits per heavy atom. The number of aliphatic hydroxyl groups is 1. The van der Waals surface area contributed by atoms with Crippen LogP contribution in [0.5, 0.6) is 0 Å². The molecule has 1 fully saturated rings. The molecule has 168 valence electrons. The Morgan fingerprint density at radius 1 is 1.26 bits per heavy atom. The second kappa shape index (κ2) is 9.30. The molecule has 1 aromatic carbocycles. The molecule has 2 aliphatic rings. The normalized spacial score (nSPS) is 22.0. The van der Waals surface area contributed by atoms with Crippen molar-refractivity contribution in [1.82, 2.24) is 9.97 Å². The molecule has 0 radical (unpaired) electrons. The Morgan fingerprint density at radius 3 is 2.65 bits per heavy atom. The second-order valence-electron chi connectivity index (χ2n) is 8.59. The molecule has 0 saturated carbocycles. The van der Waals surface area contributed by atoms with Crippen molar-refractivity contribution in [2.45, 2.75) is 44.2 Å². The number of benzene rings is 1. The number of aliphatic hydroxyl groups excluding tert-OH is 1. The van der Waals surface area contributed by atoms with Crippen molar-refractivity contribution >= 4 is 39.9 Å². The average Bonchev–Trinajstić information content (AvgIpc) is 3.13. The van der Waals surface area contributed by atoms with Crippen molar-refractivity contribution in [3.8, 4) is 0 Å². The third kappa shape index (κ3) is 4.66. The zero-order valence-electron chi connectivity index (χ0n) is 18.2. The van der Waals surface area contributed by atoms with Crippen LogP contribution in [0.3, 0.4) is 0 Å². The average molecular weight is 464 g/mol. The van der Waals surface area contributed by atoms with Crippen molar-refractivity contribution in [3.05, 3.63) is 35.0 Å². The van der Waals surface area contributed by atoms with Gasteiger partial charge >= 0.3 is 0 Å². The second-order valence-corrected chi connectivity index (χ2v) is 10.5. The van der Waals surface area contributed by atoms with Gasteiger partial charge in [-0.25, -0.2) is 4.98 Å². The largest absolute Gasteiger partial charge is 0.394 e. The Balaban J connectivity index is 1.59. The molecule has 0 aliphatic carbocycles. The molecule has 2 aliphatic heterocycles. The van der Waals surface area contributed by atoms with E-state index in [9.17, 15) is 9.32 Å². The Labute approximate surface area is 191 Å². The Hall–Kier alpha value is -1.90. The fourth-order valence-electron chi connectivity index (χ4n) is 4.15. The third-order valence-corrected chi connectivity index (χ3v) is 7.79. The number of nitrogens with zero attached hydrogens (tertiary/aromatic N) is 4. The zero-order chi connectivity index (χ0) is 22.1. The number of anilines is 3. The highest BCUT2D eigenvalue weighted by molar-refractivity contribution is 7.85. The van der Waals surface area contributed by atoms with Crippen LogP contribution in [-0.4, -0.2) is 63.4 Å². The van der Waals surface area contributed by atoms with Gasteiger partial charge in [-0.3, -0.25) is 4.21 Å². The molecule has 7 nitrogen and oxygen atoms in total. The minimum atomic E-state index is -1.10. The number of hydrogen-bond acceptors (Lipinski definition) is 7. The van der Waals surface area contributed by atoms with Gasteiger partial charge in [0.1, 0.15) is 10.7 Å². The lowest BCUT2D eigenvalue weighted by Gasteiger charge is -2.41. The van der Waals surface area contributed by atoms with Crippen LogP contribution in [0, 0.1) is 5.92 Å². The predicted octanol–water partition coefficient (Wildman–Crippen LogP) is 2.94. The molecule has 3 heterocycles. The van der Waals surface area contributed by atoms with E-state index >= 15 is 0 Å². The lowest BCUT2D eigenvalue weighted by atomic mass is 10.1. The molecular weight excluding hydrogens is 434 g/mol. The van der Waals surface area contributed by atoms with Gasteiger partial charge < -0.3 is 20.2 Å². The van der Waals surface area contributed by atoms with E-state index in [4.69, 9.17) is 21.6 Å². The molecular formula is C22H30ClN5O2S. The van der Waals surface area contributed by atoms with Crippen LogP contribution in [0.15, 0.2) is 29.2 Å². The zero-order valence-corrected chi connectivity index (χ0v) is 19.8. The maximum Gasteiger partial charge on any atom is 0.227 e. The lowest BCUT2D eigenvalue weighted by molar-refractivity contribution is 0.249. The molecule has 2 N–H and O–H groups in total. The number of halogens is 1. The maximum absolute atomic E-state index is 12.6. The molecule has 2 aromatic rings. The molecule has 9 heteroatoms. The van der Waals surface area contributed by atoms with Gasteiger partial charge in [-0.05, 0) is 37.1 Å². The fraction of sp³-hybridized carbons (Fsp3) is 0.545. The van der Waals surface area contributed by atoms with E-state index in [2.05, 4.69) is 34.2 Å². The maximum atomic E-state index is 12.6. The number of nitrogens with one attached hydrogen (secondary N) is 1. The van der Waals surface area contributed by atoms with Gasteiger partial charge in [-0.15, -0.1) is 0 Å². The summed E-state index contributed by atoms with van der Waals surface area (Å²) in [6.07, 6.45) is 0.691. The number of aromatic nitrogens is 2. The molecule has 1 unspecified atom stereocenters. The third-order valence-electron chi connectivity index (χ3n) is 6.08. The fourth-order valence-corrected chi connectivity index (χ4v) is 5.59. The van der Waals surface area contributed by atoms with Crippen LogP contribution in [0.1, 0.15) is 26.5 Å². The van der Waals surface area contributed by atoms with Gasteiger partial charge in [-0.2, -0.15) is 4.98 Å². The molecule has 4 rings (SSSR count). The standard InChI is InChI=1S/C22H30ClN5O2S/c1-14(2)19(13-29)24-21-20-18(8-11-31(20)30)25-22(26-21)28-10-9-27(12-15(28)3)17-6-4-16(23)5-7-17/h4-7,14-15,19,29H,8-13H2,1-3H3,(H,24,25,26)/t15-,19?,31-/m1/s1. The van der Waals surface area contributed by atoms with Crippen molar-refractivity contribution in [1.29, 1.82) is 0 Å². The summed E-state index contributed by atoms with van der Waals surface area (Å²) in [5, 5.41) is 13.9. The Bertz CT molecular complexity index is 956. The molecule has 0 amide bonds. The first kappa shape index (κ1) is 22.3. The van der Waals surface area contributed by atoms with Gasteiger partial charge in [-0.1, -0.05) is 25.4 Å². The topological polar surface area (TPSA) is 81.6 Å². The summed E-state index contributed by atoms with van der Waals surface area (Å²) < 4.78 is 12.6. The minimum absolute atomic E-state index is 0.00538. The highest BCUT2D eigenvalue weighted by atomic mass is 35.5. The monoisotopic (exact) mass is 463 g/mol. The van der Waals surface area contributed by atoms with E-state index in [1.807, 2.05) is 26.0 Å². The van der Waals surface area contributed by atoms with Gasteiger partial charge in [0.15, 0.2) is 0 Å². The summed E-state index contributed by atoms with van der Waals surface area (Å²) in [7, 11) is -1.10. The van der Waals surface area contributed by atoms with Crippen LogP contribution in [0.25, 0.3) is 0 Å². The van der Waals surface area contributed by atoms with Crippen molar-refractivity contribution in [2.24, 2.45) is 5.92 Å². The summed E-state index contributed by atoms with van der Waals surface area (Å²) in [5.41, 5.74) is 2.02. The SMILES string of the molecule is CC(C)C(CO)Nc1nc(N2CCN(c3ccc(Cl)cc3)C[C@H]2C)nc2c1[S@](=O)CC2. The van der Waals surface area contributed by atoms with Gasteiger partial charge in [0.05, 0.1) is 29.1 Å². The van der Waals surface area contributed by atoms with Crippen LogP contribution >= 0.6 is 11.6 Å². The minimum Gasteiger partial charge on any atom is -0.394 e. The van der Waals surface area contributed by atoms with Gasteiger partial charge in [0, 0.05) is 48.6 Å². The number of piperazine rings is 1. The number of rotatable bonds is 6. The van der Waals surface area contributed by atoms with Crippen LogP contribution in [0.4, 0.5) is 17.5 Å². The summed E-state index contributed by atoms with van der Waals surface area (Å²) >= 11 is 6.03. The van der Waals surface area contributed by atoms with Crippen molar-refractivity contribution in [3.63, 3.8) is 0 Å². The van der Waals surface area contributed by atoms with Crippen LogP contribution in [0.2, 0.25) is 5.02 Å². The summed E-state index contributed by atoms with van der Waals surface area (Å²) in [6.45, 7) is 8.76. The molecule has 0 bridgehead atoms. The molecule has 3 atom stereocenters. The van der Waals surface area contributed by atoms with Crippen molar-refractivity contribution in [2.75, 3.05) is 47.1 Å². The van der Waals surface area contributed by atoms with E-state index in [1.54, 1.807) is 0 Å². The highest BCUT2D eigenvalue weighted by Crippen LogP contribution is 2.32. The first-order chi connectivity index (χ1) is 14.9. The van der Waals surface area contributed by atoms with E-state index in [0.29, 0.717) is 28.8 Å². The molecule has 0 spiro atoms. The number of aryl methyl sites for hydroxylation is 1. The number of fused-ring (bicyclic) bond motifs is 1. The van der Waals surface area contributed by atoms with Gasteiger partial charge in [0.25, 0.3) is 0 Å². The van der Waals surface area contributed by atoms with Crippen molar-refractivity contribution < 1.29 is 9.32 Å². The van der Waals surface area contributed by atoms with E-state index in [1.165, 1.54) is 0 Å². The summed E-state index contributed by atoms with van der Waals surface area (Å²) in [5.74, 6) is 2.07. The first-order valence-electron chi connectivity index (χ1n) is 10.8. The van der Waals surface area contributed by atoms with Gasteiger partial charge in [0.2, 0.25) is 5.95 Å².